The van der Waals surface area contributed by atoms with Crippen LogP contribution in [-0.2, 0) is 6.18 Å². The molecule has 0 bridgehead atoms. The van der Waals surface area contributed by atoms with E-state index in [-0.39, 0.29) is 11.5 Å². The maximum Gasteiger partial charge on any atom is 0.416 e. The lowest BCUT2D eigenvalue weighted by Crippen LogP contribution is -2.19. The standard InChI is InChI=1S/C16H14F3N3O/c17-16(18,19)12-5-3-11(4-6-12)15-20-13(10-23)9-14(21-15)22-7-1-2-8-22/h3-6,9-10H,1-2,7-8H2. The van der Waals surface area contributed by atoms with E-state index in [0.717, 1.165) is 38.1 Å². The second-order valence-electron chi connectivity index (χ2n) is 5.36. The molecule has 2 heterocycles. The normalized spacial score (nSPS) is 15.0. The third kappa shape index (κ3) is 3.33. The van der Waals surface area contributed by atoms with Crippen LogP contribution in [0.3, 0.4) is 0 Å². The summed E-state index contributed by atoms with van der Waals surface area (Å²) < 4.78 is 37.9. The Hall–Kier alpha value is -2.44. The largest absolute Gasteiger partial charge is 0.416 e. The summed E-state index contributed by atoms with van der Waals surface area (Å²) in [6.07, 6.45) is -1.66. The summed E-state index contributed by atoms with van der Waals surface area (Å²) in [5.41, 5.74) is -0.0634. The zero-order valence-electron chi connectivity index (χ0n) is 12.2. The van der Waals surface area contributed by atoms with Gasteiger partial charge in [0.05, 0.1) is 5.56 Å². The minimum Gasteiger partial charge on any atom is -0.356 e. The zero-order valence-corrected chi connectivity index (χ0v) is 12.2. The highest BCUT2D eigenvalue weighted by atomic mass is 19.4. The first-order valence-corrected chi connectivity index (χ1v) is 7.24. The van der Waals surface area contributed by atoms with E-state index < -0.39 is 11.7 Å². The topological polar surface area (TPSA) is 46.1 Å². The van der Waals surface area contributed by atoms with Crippen molar-refractivity contribution in [2.45, 2.75) is 19.0 Å². The van der Waals surface area contributed by atoms with Crippen LogP contribution < -0.4 is 4.90 Å². The number of carbonyl (C=O) groups excluding carboxylic acids is 1. The van der Waals surface area contributed by atoms with Crippen molar-refractivity contribution in [3.05, 3.63) is 41.6 Å². The molecule has 0 unspecified atom stereocenters. The second kappa shape index (κ2) is 5.98. The average Bonchev–Trinajstić information content (AvgIpc) is 3.08. The molecule has 0 amide bonds. The summed E-state index contributed by atoms with van der Waals surface area (Å²) in [6.45, 7) is 1.70. The first-order valence-electron chi connectivity index (χ1n) is 7.24. The molecule has 3 rings (SSSR count). The quantitative estimate of drug-likeness (QED) is 0.811. The number of aromatic nitrogens is 2. The minimum absolute atomic E-state index is 0.219. The van der Waals surface area contributed by atoms with Gasteiger partial charge in [0.15, 0.2) is 12.1 Å². The van der Waals surface area contributed by atoms with Crippen molar-refractivity contribution in [2.24, 2.45) is 0 Å². The van der Waals surface area contributed by atoms with Gasteiger partial charge in [0.1, 0.15) is 11.5 Å². The predicted molar refractivity (Wildman–Crippen MR) is 79.3 cm³/mol. The molecule has 0 radical (unpaired) electrons. The van der Waals surface area contributed by atoms with E-state index in [1.54, 1.807) is 6.07 Å². The SMILES string of the molecule is O=Cc1cc(N2CCCC2)nc(-c2ccc(C(F)(F)F)cc2)n1. The summed E-state index contributed by atoms with van der Waals surface area (Å²) in [6, 6.07) is 6.22. The van der Waals surface area contributed by atoms with E-state index in [1.807, 2.05) is 4.90 Å². The van der Waals surface area contributed by atoms with E-state index in [4.69, 9.17) is 0 Å². The number of aldehydes is 1. The summed E-state index contributed by atoms with van der Waals surface area (Å²) in [5, 5.41) is 0. The summed E-state index contributed by atoms with van der Waals surface area (Å²) in [5.74, 6) is 0.889. The Morgan fingerprint density at radius 2 is 1.70 bits per heavy atom. The third-order valence-electron chi connectivity index (χ3n) is 3.75. The predicted octanol–water partition coefficient (Wildman–Crippen LogP) is 3.58. The Bertz CT molecular complexity index is 708. The molecule has 1 aliphatic heterocycles. The van der Waals surface area contributed by atoms with Crippen LogP contribution >= 0.6 is 0 Å². The lowest BCUT2D eigenvalue weighted by atomic mass is 10.1. The van der Waals surface area contributed by atoms with Crippen LogP contribution in [0.5, 0.6) is 0 Å². The van der Waals surface area contributed by atoms with Crippen LogP contribution in [0.15, 0.2) is 30.3 Å². The number of halogens is 3. The first-order chi connectivity index (χ1) is 11.0. The number of carbonyl (C=O) groups is 1. The lowest BCUT2D eigenvalue weighted by Gasteiger charge is -2.17. The second-order valence-corrected chi connectivity index (χ2v) is 5.36. The average molecular weight is 321 g/mol. The Balaban J connectivity index is 1.98. The number of alkyl halides is 3. The van der Waals surface area contributed by atoms with Gasteiger partial charge in [-0.25, -0.2) is 9.97 Å². The van der Waals surface area contributed by atoms with Crippen LogP contribution in [0, 0.1) is 0 Å². The van der Waals surface area contributed by atoms with Gasteiger partial charge in [-0.15, -0.1) is 0 Å². The minimum atomic E-state index is -4.38. The molecule has 0 atom stereocenters. The summed E-state index contributed by atoms with van der Waals surface area (Å²) >= 11 is 0. The fourth-order valence-corrected chi connectivity index (χ4v) is 2.56. The molecule has 1 aliphatic rings. The van der Waals surface area contributed by atoms with Gasteiger partial charge in [-0.1, -0.05) is 12.1 Å². The van der Waals surface area contributed by atoms with E-state index in [2.05, 4.69) is 9.97 Å². The van der Waals surface area contributed by atoms with E-state index in [1.165, 1.54) is 12.1 Å². The van der Waals surface area contributed by atoms with Crippen molar-refractivity contribution in [3.63, 3.8) is 0 Å². The van der Waals surface area contributed by atoms with E-state index >= 15 is 0 Å². The summed E-state index contributed by atoms with van der Waals surface area (Å²) in [7, 11) is 0. The Kier molecular flexibility index (Phi) is 4.02. The first kappa shape index (κ1) is 15.5. The molecule has 0 aliphatic carbocycles. The lowest BCUT2D eigenvalue weighted by molar-refractivity contribution is -0.137. The van der Waals surface area contributed by atoms with Gasteiger partial charge in [0.2, 0.25) is 0 Å². The van der Waals surface area contributed by atoms with Gasteiger partial charge in [-0.2, -0.15) is 13.2 Å². The molecular weight excluding hydrogens is 307 g/mol. The van der Waals surface area contributed by atoms with Gasteiger partial charge in [0.25, 0.3) is 0 Å². The van der Waals surface area contributed by atoms with Crippen LogP contribution in [-0.4, -0.2) is 29.3 Å². The van der Waals surface area contributed by atoms with Gasteiger partial charge in [-0.05, 0) is 25.0 Å². The molecular formula is C16H14F3N3O. The van der Waals surface area contributed by atoms with Crippen molar-refractivity contribution in [1.82, 2.24) is 9.97 Å². The number of hydrogen-bond acceptors (Lipinski definition) is 4. The Morgan fingerprint density at radius 1 is 1.04 bits per heavy atom. The highest BCUT2D eigenvalue weighted by Crippen LogP contribution is 2.31. The molecule has 0 saturated carbocycles. The van der Waals surface area contributed by atoms with Crippen molar-refractivity contribution < 1.29 is 18.0 Å². The molecule has 1 fully saturated rings. The van der Waals surface area contributed by atoms with Crippen LogP contribution in [0.1, 0.15) is 28.9 Å². The molecule has 1 saturated heterocycles. The molecule has 4 nitrogen and oxygen atoms in total. The Labute approximate surface area is 131 Å². The monoisotopic (exact) mass is 321 g/mol. The van der Waals surface area contributed by atoms with Crippen molar-refractivity contribution in [3.8, 4) is 11.4 Å². The summed E-state index contributed by atoms with van der Waals surface area (Å²) in [4.78, 5) is 21.6. The van der Waals surface area contributed by atoms with Crippen LogP contribution in [0.2, 0.25) is 0 Å². The van der Waals surface area contributed by atoms with Crippen molar-refractivity contribution in [1.29, 1.82) is 0 Å². The fraction of sp³-hybridized carbons (Fsp3) is 0.312. The molecule has 1 aromatic heterocycles. The molecule has 0 N–H and O–H groups in total. The van der Waals surface area contributed by atoms with E-state index in [0.29, 0.717) is 17.7 Å². The number of benzene rings is 1. The molecule has 0 spiro atoms. The van der Waals surface area contributed by atoms with Gasteiger partial charge < -0.3 is 4.90 Å². The van der Waals surface area contributed by atoms with Crippen molar-refractivity contribution >= 4 is 12.1 Å². The van der Waals surface area contributed by atoms with Gasteiger partial charge in [0, 0.05) is 24.7 Å². The van der Waals surface area contributed by atoms with Crippen molar-refractivity contribution in [2.75, 3.05) is 18.0 Å². The molecule has 1 aromatic carbocycles. The fourth-order valence-electron chi connectivity index (χ4n) is 2.56. The van der Waals surface area contributed by atoms with E-state index in [9.17, 15) is 18.0 Å². The molecule has 120 valence electrons. The number of nitrogens with zero attached hydrogens (tertiary/aromatic N) is 3. The third-order valence-corrected chi connectivity index (χ3v) is 3.75. The maximum atomic E-state index is 12.6. The van der Waals surface area contributed by atoms with Crippen LogP contribution in [0.4, 0.5) is 19.0 Å². The van der Waals surface area contributed by atoms with Gasteiger partial charge in [-0.3, -0.25) is 4.79 Å². The molecule has 23 heavy (non-hydrogen) atoms. The molecule has 7 heteroatoms. The highest BCUT2D eigenvalue weighted by Gasteiger charge is 2.30. The number of rotatable bonds is 3. The smallest absolute Gasteiger partial charge is 0.356 e. The Morgan fingerprint density at radius 3 is 2.26 bits per heavy atom. The van der Waals surface area contributed by atoms with Gasteiger partial charge >= 0.3 is 6.18 Å². The highest BCUT2D eigenvalue weighted by molar-refractivity contribution is 5.75. The van der Waals surface area contributed by atoms with Crippen LogP contribution in [0.25, 0.3) is 11.4 Å². The molecule has 2 aromatic rings. The number of anilines is 1. The maximum absolute atomic E-state index is 12.6. The number of hydrogen-bond donors (Lipinski definition) is 0. The zero-order chi connectivity index (χ0) is 16.4.